The number of nitrogens with one attached hydrogen (secondary N) is 3. The Morgan fingerprint density at radius 1 is 0.700 bits per heavy atom. The van der Waals surface area contributed by atoms with E-state index in [2.05, 4.69) is 99.8 Å². The summed E-state index contributed by atoms with van der Waals surface area (Å²) in [5.74, 6) is 0. The van der Waals surface area contributed by atoms with Gasteiger partial charge in [0.15, 0.2) is 0 Å². The van der Waals surface area contributed by atoms with Crippen molar-refractivity contribution in [1.29, 1.82) is 0 Å². The summed E-state index contributed by atoms with van der Waals surface area (Å²) in [6.45, 7) is 0. The van der Waals surface area contributed by atoms with Crippen molar-refractivity contribution in [3.8, 4) is 0 Å². The van der Waals surface area contributed by atoms with E-state index < -0.39 is 0 Å². The average Bonchev–Trinajstić information content (AvgIpc) is 2.85. The van der Waals surface area contributed by atoms with Crippen LogP contribution in [0.25, 0.3) is 5.70 Å². The highest BCUT2D eigenvalue weighted by Crippen LogP contribution is 2.30. The Labute approximate surface area is 177 Å². The fourth-order valence-electron chi connectivity index (χ4n) is 3.89. The lowest BCUT2D eigenvalue weighted by molar-refractivity contribution is 0.442. The predicted octanol–water partition coefficient (Wildman–Crippen LogP) is 4.85. The van der Waals surface area contributed by atoms with Gasteiger partial charge in [-0.3, -0.25) is 10.3 Å². The Morgan fingerprint density at radius 3 is 2.10 bits per heavy atom. The average molecular weight is 393 g/mol. The van der Waals surface area contributed by atoms with E-state index in [0.29, 0.717) is 0 Å². The Kier molecular flexibility index (Phi) is 5.15. The highest BCUT2D eigenvalue weighted by molar-refractivity contribution is 5.72. The lowest BCUT2D eigenvalue weighted by atomic mass is 9.97. The Hall–Kier alpha value is -3.63. The molecule has 2 aliphatic heterocycles. The summed E-state index contributed by atoms with van der Waals surface area (Å²) in [7, 11) is 0. The first-order chi connectivity index (χ1) is 14.9. The standard InChI is InChI=1S/C26H24N4/c1-3-8-19(9-4-1)23-18-24(30-26(29-23)21-10-5-2-6-11-21)20-12-14-22(15-13-20)25-27-16-7-17-28-25/h1-18,24-27,29-30H. The molecule has 0 spiro atoms. The van der Waals surface area contributed by atoms with Crippen molar-refractivity contribution in [1.82, 2.24) is 16.0 Å². The Bertz CT molecular complexity index is 1070. The van der Waals surface area contributed by atoms with Crippen LogP contribution in [0, 0.1) is 0 Å². The van der Waals surface area contributed by atoms with Crippen molar-refractivity contribution in [2.45, 2.75) is 18.4 Å². The molecule has 30 heavy (non-hydrogen) atoms. The third-order valence-electron chi connectivity index (χ3n) is 5.48. The highest BCUT2D eigenvalue weighted by Gasteiger charge is 2.24. The Morgan fingerprint density at radius 2 is 1.40 bits per heavy atom. The topological polar surface area (TPSA) is 48.4 Å². The van der Waals surface area contributed by atoms with Crippen molar-refractivity contribution >= 4 is 11.9 Å². The highest BCUT2D eigenvalue weighted by atomic mass is 15.2. The molecule has 0 aliphatic carbocycles. The molecule has 3 unspecified atom stereocenters. The molecule has 3 N–H and O–H groups in total. The number of hydrogen-bond acceptors (Lipinski definition) is 4. The molecule has 3 aromatic carbocycles. The fourth-order valence-corrected chi connectivity index (χ4v) is 3.89. The van der Waals surface area contributed by atoms with E-state index in [9.17, 15) is 0 Å². The summed E-state index contributed by atoms with van der Waals surface area (Å²) in [6.07, 6.45) is 7.96. The first-order valence-electron chi connectivity index (χ1n) is 10.3. The molecule has 3 aromatic rings. The van der Waals surface area contributed by atoms with Crippen LogP contribution in [0.15, 0.2) is 108 Å². The molecule has 2 aliphatic rings. The lowest BCUT2D eigenvalue weighted by Crippen LogP contribution is -2.39. The molecule has 0 amide bonds. The van der Waals surface area contributed by atoms with Gasteiger partial charge in [-0.15, -0.1) is 0 Å². The number of benzene rings is 3. The van der Waals surface area contributed by atoms with Crippen LogP contribution < -0.4 is 16.0 Å². The van der Waals surface area contributed by atoms with Gasteiger partial charge in [0.2, 0.25) is 0 Å². The summed E-state index contributed by atoms with van der Waals surface area (Å²) in [5.41, 5.74) is 5.92. The van der Waals surface area contributed by atoms with Gasteiger partial charge < -0.3 is 10.6 Å². The molecule has 0 radical (unpaired) electrons. The van der Waals surface area contributed by atoms with Gasteiger partial charge in [-0.05, 0) is 40.6 Å². The van der Waals surface area contributed by atoms with Crippen LogP contribution in [0.2, 0.25) is 0 Å². The maximum absolute atomic E-state index is 4.48. The van der Waals surface area contributed by atoms with Crippen LogP contribution in [-0.4, -0.2) is 6.21 Å². The number of aliphatic imine (C=N–C) groups is 1. The van der Waals surface area contributed by atoms with E-state index >= 15 is 0 Å². The van der Waals surface area contributed by atoms with Crippen molar-refractivity contribution in [2.75, 3.05) is 0 Å². The summed E-state index contributed by atoms with van der Waals surface area (Å²) in [6, 6.07) is 29.8. The zero-order chi connectivity index (χ0) is 20.2. The van der Waals surface area contributed by atoms with Crippen molar-refractivity contribution in [3.05, 3.63) is 126 Å². The van der Waals surface area contributed by atoms with Crippen LogP contribution in [0.5, 0.6) is 0 Å². The van der Waals surface area contributed by atoms with Gasteiger partial charge >= 0.3 is 0 Å². The summed E-state index contributed by atoms with van der Waals surface area (Å²) >= 11 is 0. The predicted molar refractivity (Wildman–Crippen MR) is 123 cm³/mol. The van der Waals surface area contributed by atoms with E-state index in [1.54, 1.807) is 0 Å². The largest absolute Gasteiger partial charge is 0.366 e. The van der Waals surface area contributed by atoms with E-state index in [0.717, 1.165) is 11.3 Å². The monoisotopic (exact) mass is 392 g/mol. The van der Waals surface area contributed by atoms with Gasteiger partial charge in [-0.25, -0.2) is 0 Å². The van der Waals surface area contributed by atoms with Crippen molar-refractivity contribution in [2.24, 2.45) is 4.99 Å². The second-order valence-electron chi connectivity index (χ2n) is 7.47. The summed E-state index contributed by atoms with van der Waals surface area (Å²) in [5, 5.41) is 10.7. The maximum atomic E-state index is 4.48. The molecular formula is C26H24N4. The quantitative estimate of drug-likeness (QED) is 0.595. The summed E-state index contributed by atoms with van der Waals surface area (Å²) in [4.78, 5) is 4.48. The van der Waals surface area contributed by atoms with Gasteiger partial charge in [0, 0.05) is 11.9 Å². The minimum atomic E-state index is -0.0162. The Balaban J connectivity index is 1.46. The molecule has 2 heterocycles. The first kappa shape index (κ1) is 18.4. The zero-order valence-corrected chi connectivity index (χ0v) is 16.6. The van der Waals surface area contributed by atoms with E-state index in [-0.39, 0.29) is 18.4 Å². The minimum Gasteiger partial charge on any atom is -0.366 e. The van der Waals surface area contributed by atoms with Gasteiger partial charge in [0.05, 0.1) is 6.04 Å². The summed E-state index contributed by atoms with van der Waals surface area (Å²) < 4.78 is 0. The molecule has 148 valence electrons. The third kappa shape index (κ3) is 3.91. The molecule has 0 aromatic heterocycles. The van der Waals surface area contributed by atoms with Gasteiger partial charge in [0.1, 0.15) is 12.3 Å². The van der Waals surface area contributed by atoms with Gasteiger partial charge in [0.25, 0.3) is 0 Å². The maximum Gasteiger partial charge on any atom is 0.144 e. The molecule has 4 heteroatoms. The van der Waals surface area contributed by atoms with E-state index in [4.69, 9.17) is 0 Å². The molecular weight excluding hydrogens is 368 g/mol. The van der Waals surface area contributed by atoms with Gasteiger partial charge in [-0.2, -0.15) is 0 Å². The van der Waals surface area contributed by atoms with Crippen LogP contribution in [0.1, 0.15) is 40.6 Å². The molecule has 5 rings (SSSR count). The lowest BCUT2D eigenvalue weighted by Gasteiger charge is -2.33. The smallest absolute Gasteiger partial charge is 0.144 e. The number of allylic oxidation sites excluding steroid dienone is 1. The molecule has 0 saturated carbocycles. The van der Waals surface area contributed by atoms with Gasteiger partial charge in [-0.1, -0.05) is 84.9 Å². The molecule has 0 fully saturated rings. The van der Waals surface area contributed by atoms with Crippen LogP contribution in [0.4, 0.5) is 0 Å². The zero-order valence-electron chi connectivity index (χ0n) is 16.6. The third-order valence-corrected chi connectivity index (χ3v) is 5.48. The first-order valence-corrected chi connectivity index (χ1v) is 10.3. The normalized spacial score (nSPS) is 22.7. The van der Waals surface area contributed by atoms with Crippen LogP contribution in [0.3, 0.4) is 0 Å². The minimum absolute atomic E-state index is 0.0162. The number of rotatable bonds is 4. The molecule has 4 nitrogen and oxygen atoms in total. The van der Waals surface area contributed by atoms with E-state index in [1.807, 2.05) is 30.6 Å². The molecule has 0 saturated heterocycles. The number of hydrogen-bond donors (Lipinski definition) is 3. The second-order valence-corrected chi connectivity index (χ2v) is 7.47. The van der Waals surface area contributed by atoms with Crippen molar-refractivity contribution < 1.29 is 0 Å². The molecule has 3 atom stereocenters. The van der Waals surface area contributed by atoms with Crippen molar-refractivity contribution in [3.63, 3.8) is 0 Å². The van der Waals surface area contributed by atoms with Crippen LogP contribution in [-0.2, 0) is 0 Å². The SMILES string of the molecule is C1=CNC(c2ccc(C3C=C(c4ccccc4)NC(c4ccccc4)N3)cc2)N=C1. The molecule has 0 bridgehead atoms. The van der Waals surface area contributed by atoms with Crippen LogP contribution >= 0.6 is 0 Å². The fraction of sp³-hybridized carbons (Fsp3) is 0.115. The second kappa shape index (κ2) is 8.39. The van der Waals surface area contributed by atoms with E-state index in [1.165, 1.54) is 16.7 Å². The number of nitrogens with zero attached hydrogens (tertiary/aromatic N) is 1.